The Hall–Kier alpha value is -1.23. The number of nitrogens with zero attached hydrogens (tertiary/aromatic N) is 2. The lowest BCUT2D eigenvalue weighted by molar-refractivity contribution is -0.132. The highest BCUT2D eigenvalue weighted by Gasteiger charge is 2.20. The van der Waals surface area contributed by atoms with Crippen molar-refractivity contribution >= 4 is 22.9 Å². The molecule has 0 amide bonds. The Kier molecular flexibility index (Phi) is 2.10. The highest BCUT2D eigenvalue weighted by atomic mass is 32.2. The second kappa shape index (κ2) is 3.26. The third kappa shape index (κ3) is 1.60. The van der Waals surface area contributed by atoms with E-state index in [9.17, 15) is 4.79 Å². The Bertz CT molecular complexity index is 333. The summed E-state index contributed by atoms with van der Waals surface area (Å²) in [7, 11) is 0. The number of hydrogen-bond donors (Lipinski definition) is 1. The number of carboxylic acid groups (broad SMARTS) is 1. The van der Waals surface area contributed by atoms with Gasteiger partial charge in [0.05, 0.1) is 12.1 Å². The zero-order chi connectivity index (χ0) is 9.26. The van der Waals surface area contributed by atoms with Crippen molar-refractivity contribution in [3.05, 3.63) is 24.0 Å². The lowest BCUT2D eigenvalue weighted by atomic mass is 10.2. The summed E-state index contributed by atoms with van der Waals surface area (Å²) in [5.74, 6) is 0.0118. The molecule has 0 aromatic heterocycles. The topological polar surface area (TPSA) is 52.9 Å². The molecular formula is C8H8N2O2S. The van der Waals surface area contributed by atoms with E-state index in [0.29, 0.717) is 12.1 Å². The zero-order valence-electron chi connectivity index (χ0n) is 6.80. The van der Waals surface area contributed by atoms with E-state index in [4.69, 9.17) is 5.11 Å². The van der Waals surface area contributed by atoms with E-state index in [-0.39, 0.29) is 0 Å². The van der Waals surface area contributed by atoms with Gasteiger partial charge in [-0.05, 0) is 0 Å². The molecule has 2 aliphatic rings. The first-order chi connectivity index (χ1) is 6.27. The Balaban J connectivity index is 2.24. The summed E-state index contributed by atoms with van der Waals surface area (Å²) in [6, 6.07) is 0. The van der Waals surface area contributed by atoms with Gasteiger partial charge in [-0.15, -0.1) is 0 Å². The zero-order valence-corrected chi connectivity index (χ0v) is 7.62. The van der Waals surface area contributed by atoms with Gasteiger partial charge in [-0.2, -0.15) is 0 Å². The molecule has 2 rings (SSSR count). The van der Waals surface area contributed by atoms with Crippen LogP contribution >= 0.6 is 11.8 Å². The summed E-state index contributed by atoms with van der Waals surface area (Å²) in [5.41, 5.74) is 0.330. The van der Waals surface area contributed by atoms with Gasteiger partial charge in [-0.1, -0.05) is 17.8 Å². The van der Waals surface area contributed by atoms with Gasteiger partial charge in [-0.3, -0.25) is 0 Å². The van der Waals surface area contributed by atoms with Crippen LogP contribution in [0.1, 0.15) is 0 Å². The van der Waals surface area contributed by atoms with Crippen LogP contribution < -0.4 is 0 Å². The van der Waals surface area contributed by atoms with E-state index in [1.807, 2.05) is 17.2 Å². The molecule has 0 radical (unpaired) electrons. The molecule has 0 unspecified atom stereocenters. The molecule has 2 aliphatic heterocycles. The number of carbonyl (C=O) groups is 1. The maximum Gasteiger partial charge on any atom is 0.334 e. The van der Waals surface area contributed by atoms with Crippen LogP contribution in [0, 0.1) is 0 Å². The fourth-order valence-electron chi connectivity index (χ4n) is 1.15. The smallest absolute Gasteiger partial charge is 0.334 e. The predicted molar refractivity (Wildman–Crippen MR) is 51.5 cm³/mol. The first-order valence-corrected chi connectivity index (χ1v) is 4.82. The Morgan fingerprint density at radius 2 is 2.54 bits per heavy atom. The maximum atomic E-state index is 10.6. The summed E-state index contributed by atoms with van der Waals surface area (Å²) in [6.07, 6.45) is 5.31. The number of aliphatic carboxylic acids is 1. The summed E-state index contributed by atoms with van der Waals surface area (Å²) in [4.78, 5) is 16.5. The van der Waals surface area contributed by atoms with Gasteiger partial charge in [0.2, 0.25) is 0 Å². The molecule has 0 bridgehead atoms. The minimum absolute atomic E-state index is 0.330. The second-order valence-electron chi connectivity index (χ2n) is 2.69. The van der Waals surface area contributed by atoms with E-state index >= 15 is 0 Å². The van der Waals surface area contributed by atoms with Crippen LogP contribution in [0.25, 0.3) is 0 Å². The second-order valence-corrected chi connectivity index (χ2v) is 3.68. The molecule has 68 valence electrons. The lowest BCUT2D eigenvalue weighted by Crippen LogP contribution is -2.32. The van der Waals surface area contributed by atoms with E-state index < -0.39 is 5.97 Å². The van der Waals surface area contributed by atoms with Crippen LogP contribution in [-0.2, 0) is 4.79 Å². The van der Waals surface area contributed by atoms with Crippen molar-refractivity contribution in [2.75, 3.05) is 12.3 Å². The van der Waals surface area contributed by atoms with Crippen LogP contribution in [0.15, 0.2) is 29.0 Å². The van der Waals surface area contributed by atoms with E-state index in [1.54, 1.807) is 11.8 Å². The fourth-order valence-corrected chi connectivity index (χ4v) is 1.90. The molecule has 0 atom stereocenters. The molecule has 5 heteroatoms. The number of hydrogen-bond acceptors (Lipinski definition) is 4. The number of fused-ring (bicyclic) bond motifs is 1. The third-order valence-electron chi connectivity index (χ3n) is 1.79. The van der Waals surface area contributed by atoms with E-state index in [2.05, 4.69) is 4.99 Å². The molecule has 1 N–H and O–H groups in total. The molecule has 0 aliphatic carbocycles. The molecule has 0 fully saturated rings. The normalized spacial score (nSPS) is 20.5. The van der Waals surface area contributed by atoms with Crippen molar-refractivity contribution in [2.24, 2.45) is 4.99 Å². The first kappa shape index (κ1) is 8.37. The fraction of sp³-hybridized carbons (Fsp3) is 0.250. The van der Waals surface area contributed by atoms with Gasteiger partial charge >= 0.3 is 5.97 Å². The predicted octanol–water partition coefficient (Wildman–Crippen LogP) is 0.887. The summed E-state index contributed by atoms with van der Waals surface area (Å²) < 4.78 is 0. The molecule has 4 nitrogen and oxygen atoms in total. The number of aliphatic imine (C=N–C) groups is 1. The van der Waals surface area contributed by atoms with Gasteiger partial charge in [-0.25, -0.2) is 9.79 Å². The minimum Gasteiger partial charge on any atom is -0.478 e. The quantitative estimate of drug-likeness (QED) is 0.676. The van der Waals surface area contributed by atoms with Crippen LogP contribution in [0.3, 0.4) is 0 Å². The van der Waals surface area contributed by atoms with Crippen molar-refractivity contribution in [2.45, 2.75) is 0 Å². The van der Waals surface area contributed by atoms with E-state index in [0.717, 1.165) is 10.9 Å². The van der Waals surface area contributed by atoms with Crippen molar-refractivity contribution in [3.8, 4) is 0 Å². The number of amidine groups is 1. The van der Waals surface area contributed by atoms with Gasteiger partial charge in [0.1, 0.15) is 0 Å². The van der Waals surface area contributed by atoms with Crippen molar-refractivity contribution in [1.29, 1.82) is 0 Å². The largest absolute Gasteiger partial charge is 0.478 e. The molecule has 0 aromatic carbocycles. The summed E-state index contributed by atoms with van der Waals surface area (Å²) >= 11 is 1.61. The van der Waals surface area contributed by atoms with Gasteiger partial charge < -0.3 is 10.0 Å². The van der Waals surface area contributed by atoms with Gasteiger partial charge in [0.25, 0.3) is 0 Å². The van der Waals surface area contributed by atoms with Crippen molar-refractivity contribution < 1.29 is 9.90 Å². The first-order valence-electron chi connectivity index (χ1n) is 3.83. The van der Waals surface area contributed by atoms with Crippen LogP contribution in [-0.4, -0.2) is 33.4 Å². The Morgan fingerprint density at radius 1 is 1.69 bits per heavy atom. The molecule has 0 spiro atoms. The SMILES string of the molecule is O=C(O)C1=CN=C2SCC=CN2C1. The highest BCUT2D eigenvalue weighted by molar-refractivity contribution is 8.14. The molecule has 0 aromatic rings. The van der Waals surface area contributed by atoms with Crippen molar-refractivity contribution in [3.63, 3.8) is 0 Å². The molecule has 13 heavy (non-hydrogen) atoms. The average molecular weight is 196 g/mol. The molecule has 0 saturated carbocycles. The monoisotopic (exact) mass is 196 g/mol. The van der Waals surface area contributed by atoms with Gasteiger partial charge in [0.15, 0.2) is 5.17 Å². The van der Waals surface area contributed by atoms with Crippen LogP contribution in [0.2, 0.25) is 0 Å². The Morgan fingerprint density at radius 3 is 3.31 bits per heavy atom. The highest BCUT2D eigenvalue weighted by Crippen LogP contribution is 2.20. The minimum atomic E-state index is -0.897. The number of carboxylic acids is 1. The van der Waals surface area contributed by atoms with Crippen LogP contribution in [0.4, 0.5) is 0 Å². The van der Waals surface area contributed by atoms with Gasteiger partial charge in [0, 0.05) is 18.2 Å². The number of thioether (sulfide) groups is 1. The third-order valence-corrected chi connectivity index (χ3v) is 2.74. The molecule has 0 saturated heterocycles. The average Bonchev–Trinajstić information content (AvgIpc) is 2.17. The van der Waals surface area contributed by atoms with Crippen LogP contribution in [0.5, 0.6) is 0 Å². The van der Waals surface area contributed by atoms with E-state index in [1.165, 1.54) is 6.20 Å². The molecular weight excluding hydrogens is 188 g/mol. The number of rotatable bonds is 1. The maximum absolute atomic E-state index is 10.6. The molecule has 2 heterocycles. The summed E-state index contributed by atoms with van der Waals surface area (Å²) in [6.45, 7) is 0.414. The summed E-state index contributed by atoms with van der Waals surface area (Å²) in [5, 5.41) is 9.62. The lowest BCUT2D eigenvalue weighted by Gasteiger charge is -2.26. The Labute approximate surface area is 79.6 Å². The van der Waals surface area contributed by atoms with Crippen molar-refractivity contribution in [1.82, 2.24) is 4.90 Å². The standard InChI is InChI=1S/C8H8N2O2S/c11-7(12)6-4-9-8-10(5-6)2-1-3-13-8/h1-2,4H,3,5H2,(H,11,12).